The Labute approximate surface area is 122 Å². The summed E-state index contributed by atoms with van der Waals surface area (Å²) < 4.78 is 10.1. The maximum atomic E-state index is 7.34. The number of unbranched alkanes of at least 4 members (excludes halogenated alkanes) is 2. The van der Waals surface area contributed by atoms with Crippen molar-refractivity contribution in [3.63, 3.8) is 0 Å². The molecule has 1 atom stereocenters. The average molecular weight is 291 g/mol. The minimum atomic E-state index is -1.15. The van der Waals surface area contributed by atoms with E-state index in [4.69, 9.17) is 9.92 Å². The number of hydrogen-bond donors (Lipinski definition) is 3. The summed E-state index contributed by atoms with van der Waals surface area (Å²) in [5, 5.41) is 6.49. The van der Waals surface area contributed by atoms with E-state index in [9.17, 15) is 0 Å². The van der Waals surface area contributed by atoms with Crippen molar-refractivity contribution in [2.45, 2.75) is 39.5 Å². The molecule has 0 aliphatic rings. The normalized spacial score (nSPS) is 12.6. The van der Waals surface area contributed by atoms with Crippen LogP contribution in [0.1, 0.15) is 37.4 Å². The van der Waals surface area contributed by atoms with Gasteiger partial charge in [-0.2, -0.15) is 0 Å². The topological polar surface area (TPSA) is 87.7 Å². The van der Waals surface area contributed by atoms with E-state index >= 15 is 0 Å². The zero-order valence-electron chi connectivity index (χ0n) is 11.9. The molecule has 0 radical (unpaired) electrons. The Balaban J connectivity index is 2.29. The molecule has 1 aromatic heterocycles. The highest BCUT2D eigenvalue weighted by Crippen LogP contribution is 2.20. The fourth-order valence-electron chi connectivity index (χ4n) is 2.21. The van der Waals surface area contributed by atoms with Gasteiger partial charge in [-0.05, 0) is 37.5 Å². The van der Waals surface area contributed by atoms with E-state index in [1.54, 1.807) is 0 Å². The highest BCUT2D eigenvalue weighted by Gasteiger charge is 2.06. The Hall–Kier alpha value is -1.53. The third-order valence-electron chi connectivity index (χ3n) is 3.22. The molecule has 6 heteroatoms. The summed E-state index contributed by atoms with van der Waals surface area (Å²) in [6.45, 7) is 4.17. The largest absolute Gasteiger partial charge is 0.278 e. The number of fused-ring (bicyclic) bond motifs is 1. The lowest BCUT2D eigenvalue weighted by Gasteiger charge is -2.08. The van der Waals surface area contributed by atoms with Crippen LogP contribution >= 0.6 is 0 Å². The number of nitrogens with two attached hydrogens (primary N) is 1. The average Bonchev–Trinajstić information content (AvgIpc) is 2.39. The molecule has 1 heterocycles. The van der Waals surface area contributed by atoms with Crippen LogP contribution in [0.25, 0.3) is 10.9 Å². The predicted octanol–water partition coefficient (Wildman–Crippen LogP) is 3.25. The van der Waals surface area contributed by atoms with Crippen LogP contribution in [0.2, 0.25) is 0 Å². The molecule has 4 N–H and O–H groups in total. The minimum Gasteiger partial charge on any atom is -0.278 e. The van der Waals surface area contributed by atoms with Gasteiger partial charge in [-0.1, -0.05) is 25.8 Å². The zero-order chi connectivity index (χ0) is 14.5. The molecular formula is C14H21N5S. The van der Waals surface area contributed by atoms with Gasteiger partial charge in [0.15, 0.2) is 0 Å². The molecule has 0 saturated carbocycles. The van der Waals surface area contributed by atoms with E-state index in [1.807, 2.05) is 13.0 Å². The van der Waals surface area contributed by atoms with E-state index in [1.165, 1.54) is 24.8 Å². The number of nitrogens with one attached hydrogen (secondary N) is 2. The SMILES string of the molecule is CCCCCc1ccc2nc(NS(=N)N)nc(C)c2c1. The number of aromatic nitrogens is 2. The van der Waals surface area contributed by atoms with Gasteiger partial charge in [-0.3, -0.25) is 9.86 Å². The van der Waals surface area contributed by atoms with Gasteiger partial charge in [0, 0.05) is 5.39 Å². The van der Waals surface area contributed by atoms with Gasteiger partial charge < -0.3 is 0 Å². The predicted molar refractivity (Wildman–Crippen MR) is 85.4 cm³/mol. The molecule has 1 aromatic carbocycles. The number of nitrogens with zero attached hydrogens (tertiary/aromatic N) is 2. The molecule has 1 unspecified atom stereocenters. The second-order valence-electron chi connectivity index (χ2n) is 4.88. The summed E-state index contributed by atoms with van der Waals surface area (Å²) >= 11 is -1.15. The van der Waals surface area contributed by atoms with Crippen LogP contribution in [0, 0.1) is 11.7 Å². The molecule has 0 aliphatic heterocycles. The molecule has 2 aromatic rings. The molecule has 5 nitrogen and oxygen atoms in total. The smallest absolute Gasteiger partial charge is 0.235 e. The highest BCUT2D eigenvalue weighted by molar-refractivity contribution is 7.85. The van der Waals surface area contributed by atoms with Gasteiger partial charge >= 0.3 is 0 Å². The quantitative estimate of drug-likeness (QED) is 0.713. The van der Waals surface area contributed by atoms with Crippen molar-refractivity contribution in [1.29, 1.82) is 4.78 Å². The zero-order valence-corrected chi connectivity index (χ0v) is 12.8. The Morgan fingerprint density at radius 3 is 2.80 bits per heavy atom. The van der Waals surface area contributed by atoms with Gasteiger partial charge in [-0.25, -0.2) is 14.7 Å². The van der Waals surface area contributed by atoms with Crippen LogP contribution in [0.15, 0.2) is 18.2 Å². The molecule has 0 fully saturated rings. The van der Waals surface area contributed by atoms with Crippen LogP contribution in [0.5, 0.6) is 0 Å². The summed E-state index contributed by atoms with van der Waals surface area (Å²) in [6.07, 6.45) is 4.82. The molecular weight excluding hydrogens is 270 g/mol. The van der Waals surface area contributed by atoms with Crippen molar-refractivity contribution in [2.75, 3.05) is 4.72 Å². The van der Waals surface area contributed by atoms with Crippen LogP contribution in [-0.4, -0.2) is 9.97 Å². The summed E-state index contributed by atoms with van der Waals surface area (Å²) in [4.78, 5) is 8.76. The van der Waals surface area contributed by atoms with Crippen LogP contribution in [-0.2, 0) is 17.5 Å². The maximum Gasteiger partial charge on any atom is 0.235 e. The van der Waals surface area contributed by atoms with E-state index in [0.29, 0.717) is 5.95 Å². The highest BCUT2D eigenvalue weighted by atomic mass is 32.2. The third kappa shape index (κ3) is 3.74. The van der Waals surface area contributed by atoms with Crippen LogP contribution < -0.4 is 9.86 Å². The Bertz CT molecular complexity index is 626. The van der Waals surface area contributed by atoms with Crippen molar-refractivity contribution >= 4 is 27.9 Å². The number of hydrogen-bond acceptors (Lipinski definition) is 3. The first-order valence-electron chi connectivity index (χ1n) is 6.84. The van der Waals surface area contributed by atoms with Crippen molar-refractivity contribution < 1.29 is 0 Å². The summed E-state index contributed by atoms with van der Waals surface area (Å²) in [5.74, 6) is 0.426. The Morgan fingerprint density at radius 1 is 1.30 bits per heavy atom. The first kappa shape index (κ1) is 14.9. The molecule has 0 amide bonds. The molecule has 2 rings (SSSR count). The monoisotopic (exact) mass is 291 g/mol. The van der Waals surface area contributed by atoms with Gasteiger partial charge in [-0.15, -0.1) is 0 Å². The Morgan fingerprint density at radius 2 is 2.10 bits per heavy atom. The molecule has 108 valence electrons. The van der Waals surface area contributed by atoms with E-state index in [2.05, 4.69) is 33.7 Å². The minimum absolute atomic E-state index is 0.426. The number of anilines is 1. The second kappa shape index (κ2) is 6.76. The van der Waals surface area contributed by atoms with Gasteiger partial charge in [0.05, 0.1) is 22.3 Å². The number of benzene rings is 1. The van der Waals surface area contributed by atoms with E-state index in [-0.39, 0.29) is 0 Å². The lowest BCUT2D eigenvalue weighted by atomic mass is 10.0. The summed E-state index contributed by atoms with van der Waals surface area (Å²) in [5.41, 5.74) is 3.14. The van der Waals surface area contributed by atoms with Gasteiger partial charge in [0.1, 0.15) is 0 Å². The van der Waals surface area contributed by atoms with Crippen molar-refractivity contribution in [3.05, 3.63) is 29.5 Å². The second-order valence-corrected chi connectivity index (χ2v) is 5.76. The lowest BCUT2D eigenvalue weighted by Crippen LogP contribution is -2.14. The fraction of sp³-hybridized carbons (Fsp3) is 0.429. The fourth-order valence-corrected chi connectivity index (χ4v) is 2.50. The van der Waals surface area contributed by atoms with Crippen LogP contribution in [0.3, 0.4) is 0 Å². The number of rotatable bonds is 6. The lowest BCUT2D eigenvalue weighted by molar-refractivity contribution is 0.718. The molecule has 0 spiro atoms. The third-order valence-corrected chi connectivity index (χ3v) is 3.62. The summed E-state index contributed by atoms with van der Waals surface area (Å²) in [7, 11) is 0. The van der Waals surface area contributed by atoms with Gasteiger partial charge in [0.2, 0.25) is 5.95 Å². The molecule has 20 heavy (non-hydrogen) atoms. The van der Waals surface area contributed by atoms with Crippen molar-refractivity contribution in [3.8, 4) is 0 Å². The molecule has 0 aliphatic carbocycles. The number of aryl methyl sites for hydroxylation is 2. The van der Waals surface area contributed by atoms with E-state index < -0.39 is 11.1 Å². The van der Waals surface area contributed by atoms with E-state index in [0.717, 1.165) is 23.0 Å². The standard InChI is InChI=1S/C14H21N5S/c1-3-4-5-6-11-7-8-13-12(9-11)10(2)17-14(18-13)19-20(15)16/h7-9H,3-6H2,1-2H3,(H4,15,16,17,18,19). The first-order chi connectivity index (χ1) is 9.60. The Kier molecular flexibility index (Phi) is 5.03. The molecule has 0 bridgehead atoms. The van der Waals surface area contributed by atoms with Crippen LogP contribution in [0.4, 0.5) is 5.95 Å². The maximum absolute atomic E-state index is 7.34. The molecule has 0 saturated heterocycles. The van der Waals surface area contributed by atoms with Gasteiger partial charge in [0.25, 0.3) is 0 Å². The summed E-state index contributed by atoms with van der Waals surface area (Å²) in [6, 6.07) is 6.32. The van der Waals surface area contributed by atoms with Crippen molar-refractivity contribution in [1.82, 2.24) is 9.97 Å². The first-order valence-corrected chi connectivity index (χ1v) is 8.12. The van der Waals surface area contributed by atoms with Crippen molar-refractivity contribution in [2.24, 2.45) is 5.14 Å².